The zero-order valence-corrected chi connectivity index (χ0v) is 18.2. The van der Waals surface area contributed by atoms with Gasteiger partial charge < -0.3 is 10.2 Å². The van der Waals surface area contributed by atoms with Gasteiger partial charge in [-0.2, -0.15) is 0 Å². The fourth-order valence-electron chi connectivity index (χ4n) is 3.53. The molecule has 0 aliphatic rings. The maximum absolute atomic E-state index is 12.6. The van der Waals surface area contributed by atoms with E-state index in [2.05, 4.69) is 34.4 Å². The van der Waals surface area contributed by atoms with E-state index in [9.17, 15) is 9.59 Å². The lowest BCUT2D eigenvalue weighted by Crippen LogP contribution is -2.35. The molecule has 0 spiro atoms. The van der Waals surface area contributed by atoms with Crippen LogP contribution in [0.5, 0.6) is 0 Å². The van der Waals surface area contributed by atoms with Crippen LogP contribution in [0.1, 0.15) is 28.8 Å². The summed E-state index contributed by atoms with van der Waals surface area (Å²) in [7, 11) is 2.07. The number of fused-ring (bicyclic) bond motifs is 1. The SMILES string of the molecule is Cc1cc2nc(C)c(=O)n(CC(=O)NCCCN(C)Cc3ccccc3)c2cc1C. The number of aryl methyl sites for hydroxylation is 3. The second-order valence-corrected chi connectivity index (χ2v) is 7.94. The molecule has 1 heterocycles. The van der Waals surface area contributed by atoms with Gasteiger partial charge in [0.15, 0.2) is 0 Å². The van der Waals surface area contributed by atoms with Gasteiger partial charge in [-0.25, -0.2) is 4.98 Å². The highest BCUT2D eigenvalue weighted by Crippen LogP contribution is 2.17. The van der Waals surface area contributed by atoms with Crippen LogP contribution in [0.3, 0.4) is 0 Å². The predicted molar refractivity (Wildman–Crippen MR) is 121 cm³/mol. The van der Waals surface area contributed by atoms with Gasteiger partial charge in [-0.3, -0.25) is 14.2 Å². The summed E-state index contributed by atoms with van der Waals surface area (Å²) < 4.78 is 1.53. The molecule has 3 rings (SSSR count). The lowest BCUT2D eigenvalue weighted by molar-refractivity contribution is -0.121. The molecule has 0 aliphatic carbocycles. The molecule has 0 unspecified atom stereocenters. The maximum atomic E-state index is 12.6. The number of carbonyl (C=O) groups excluding carboxylic acids is 1. The average molecular weight is 407 g/mol. The van der Waals surface area contributed by atoms with E-state index in [1.165, 1.54) is 10.1 Å². The number of amides is 1. The molecule has 0 fully saturated rings. The second kappa shape index (κ2) is 9.67. The first-order chi connectivity index (χ1) is 14.3. The van der Waals surface area contributed by atoms with E-state index >= 15 is 0 Å². The highest BCUT2D eigenvalue weighted by Gasteiger charge is 2.13. The van der Waals surface area contributed by atoms with Crippen molar-refractivity contribution in [2.45, 2.75) is 40.3 Å². The summed E-state index contributed by atoms with van der Waals surface area (Å²) >= 11 is 0. The fourth-order valence-corrected chi connectivity index (χ4v) is 3.53. The Morgan fingerprint density at radius 3 is 2.53 bits per heavy atom. The number of aromatic nitrogens is 2. The minimum atomic E-state index is -0.219. The van der Waals surface area contributed by atoms with Crippen molar-refractivity contribution in [1.29, 1.82) is 0 Å². The summed E-state index contributed by atoms with van der Waals surface area (Å²) in [4.78, 5) is 31.8. The molecular weight excluding hydrogens is 376 g/mol. The molecule has 0 radical (unpaired) electrons. The molecule has 2 aromatic carbocycles. The lowest BCUT2D eigenvalue weighted by atomic mass is 10.1. The molecule has 0 aliphatic heterocycles. The Morgan fingerprint density at radius 2 is 1.80 bits per heavy atom. The molecule has 0 saturated heterocycles. The normalized spacial score (nSPS) is 11.2. The Balaban J connectivity index is 1.57. The van der Waals surface area contributed by atoms with Crippen LogP contribution in [0.15, 0.2) is 47.3 Å². The van der Waals surface area contributed by atoms with E-state index in [1.54, 1.807) is 6.92 Å². The summed E-state index contributed by atoms with van der Waals surface area (Å²) in [6.07, 6.45) is 0.846. The average Bonchev–Trinajstić information content (AvgIpc) is 2.71. The molecule has 1 aromatic heterocycles. The van der Waals surface area contributed by atoms with Crippen molar-refractivity contribution in [3.63, 3.8) is 0 Å². The molecule has 1 N–H and O–H groups in total. The highest BCUT2D eigenvalue weighted by atomic mass is 16.2. The van der Waals surface area contributed by atoms with Crippen molar-refractivity contribution in [1.82, 2.24) is 19.8 Å². The van der Waals surface area contributed by atoms with Crippen molar-refractivity contribution >= 4 is 16.9 Å². The fraction of sp³-hybridized carbons (Fsp3) is 0.375. The van der Waals surface area contributed by atoms with Crippen LogP contribution < -0.4 is 10.9 Å². The van der Waals surface area contributed by atoms with Crippen molar-refractivity contribution in [3.05, 3.63) is 75.2 Å². The molecule has 3 aromatic rings. The molecule has 0 bridgehead atoms. The molecule has 158 valence electrons. The van der Waals surface area contributed by atoms with E-state index < -0.39 is 0 Å². The first kappa shape index (κ1) is 21.7. The standard InChI is InChI=1S/C24H30N4O2/c1-17-13-21-22(14-18(17)2)28(24(30)19(3)26-21)16-23(29)25-11-8-12-27(4)15-20-9-6-5-7-10-20/h5-7,9-10,13-14H,8,11-12,15-16H2,1-4H3,(H,25,29). The largest absolute Gasteiger partial charge is 0.355 e. The van der Waals surface area contributed by atoms with E-state index in [0.29, 0.717) is 17.8 Å². The summed E-state index contributed by atoms with van der Waals surface area (Å²) in [6.45, 7) is 8.04. The Morgan fingerprint density at radius 1 is 1.10 bits per heavy atom. The molecule has 0 atom stereocenters. The van der Waals surface area contributed by atoms with Gasteiger partial charge in [-0.1, -0.05) is 30.3 Å². The van der Waals surface area contributed by atoms with E-state index in [1.807, 2.05) is 44.2 Å². The zero-order chi connectivity index (χ0) is 21.7. The third-order valence-corrected chi connectivity index (χ3v) is 5.36. The first-order valence-electron chi connectivity index (χ1n) is 10.3. The molecule has 30 heavy (non-hydrogen) atoms. The minimum Gasteiger partial charge on any atom is -0.355 e. The summed E-state index contributed by atoms with van der Waals surface area (Å²) in [5.74, 6) is -0.159. The summed E-state index contributed by atoms with van der Waals surface area (Å²) in [6, 6.07) is 14.2. The summed E-state index contributed by atoms with van der Waals surface area (Å²) in [5, 5.41) is 2.94. The van der Waals surface area contributed by atoms with Crippen LogP contribution in [0.4, 0.5) is 0 Å². The monoisotopic (exact) mass is 406 g/mol. The topological polar surface area (TPSA) is 67.2 Å². The van der Waals surface area contributed by atoms with E-state index in [4.69, 9.17) is 0 Å². The van der Waals surface area contributed by atoms with Gasteiger partial charge >= 0.3 is 0 Å². The Kier molecular flexibility index (Phi) is 7.00. The van der Waals surface area contributed by atoms with Gasteiger partial charge in [-0.15, -0.1) is 0 Å². The van der Waals surface area contributed by atoms with Gasteiger partial charge in [-0.05, 0) is 69.6 Å². The third-order valence-electron chi connectivity index (χ3n) is 5.36. The molecule has 6 heteroatoms. The maximum Gasteiger partial charge on any atom is 0.272 e. The van der Waals surface area contributed by atoms with Crippen molar-refractivity contribution in [3.8, 4) is 0 Å². The van der Waals surface area contributed by atoms with Crippen molar-refractivity contribution in [2.24, 2.45) is 0 Å². The number of carbonyl (C=O) groups is 1. The number of benzene rings is 2. The van der Waals surface area contributed by atoms with E-state index in [0.717, 1.165) is 36.2 Å². The Labute approximate surface area is 177 Å². The van der Waals surface area contributed by atoms with Gasteiger partial charge in [0.25, 0.3) is 5.56 Å². The Bertz CT molecular complexity index is 1090. The smallest absolute Gasteiger partial charge is 0.272 e. The van der Waals surface area contributed by atoms with Gasteiger partial charge in [0.05, 0.1) is 11.0 Å². The Hall–Kier alpha value is -2.99. The van der Waals surface area contributed by atoms with Crippen LogP contribution in [-0.2, 0) is 17.9 Å². The zero-order valence-electron chi connectivity index (χ0n) is 18.2. The predicted octanol–water partition coefficient (Wildman–Crippen LogP) is 2.96. The number of nitrogens with zero attached hydrogens (tertiary/aromatic N) is 3. The number of hydrogen-bond acceptors (Lipinski definition) is 4. The number of nitrogens with one attached hydrogen (secondary N) is 1. The summed E-state index contributed by atoms with van der Waals surface area (Å²) in [5.41, 5.74) is 5.09. The number of rotatable bonds is 8. The third kappa shape index (κ3) is 5.33. The van der Waals surface area contributed by atoms with Crippen LogP contribution in [0.25, 0.3) is 11.0 Å². The van der Waals surface area contributed by atoms with Crippen molar-refractivity contribution in [2.75, 3.05) is 20.1 Å². The van der Waals surface area contributed by atoms with Gasteiger partial charge in [0.1, 0.15) is 12.2 Å². The minimum absolute atomic E-state index is 0.00104. The van der Waals surface area contributed by atoms with Crippen LogP contribution in [0, 0.1) is 20.8 Å². The number of hydrogen-bond donors (Lipinski definition) is 1. The second-order valence-electron chi connectivity index (χ2n) is 7.94. The van der Waals surface area contributed by atoms with Gasteiger partial charge in [0.2, 0.25) is 5.91 Å². The van der Waals surface area contributed by atoms with Crippen LogP contribution in [-0.4, -0.2) is 40.5 Å². The van der Waals surface area contributed by atoms with Crippen molar-refractivity contribution < 1.29 is 4.79 Å². The highest BCUT2D eigenvalue weighted by molar-refractivity contribution is 5.81. The van der Waals surface area contributed by atoms with Crippen LogP contribution >= 0.6 is 0 Å². The molecular formula is C24H30N4O2. The molecule has 6 nitrogen and oxygen atoms in total. The molecule has 0 saturated carbocycles. The quantitative estimate of drug-likeness (QED) is 0.584. The van der Waals surface area contributed by atoms with E-state index in [-0.39, 0.29) is 18.0 Å². The molecule has 1 amide bonds. The first-order valence-corrected chi connectivity index (χ1v) is 10.3. The van der Waals surface area contributed by atoms with Crippen LogP contribution in [0.2, 0.25) is 0 Å². The lowest BCUT2D eigenvalue weighted by Gasteiger charge is -2.17. The van der Waals surface area contributed by atoms with Gasteiger partial charge in [0, 0.05) is 13.1 Å².